The fourth-order valence-electron chi connectivity index (χ4n) is 2.69. The van der Waals surface area contributed by atoms with Crippen LogP contribution in [0.2, 0.25) is 5.02 Å². The molecule has 1 aromatic carbocycles. The first kappa shape index (κ1) is 21.2. The van der Waals surface area contributed by atoms with Crippen LogP contribution in [0.4, 0.5) is 0 Å². The number of nitrogens with zero attached hydrogens (tertiary/aromatic N) is 5. The second kappa shape index (κ2) is 11.6. The molecule has 148 valence electrons. The van der Waals surface area contributed by atoms with E-state index in [2.05, 4.69) is 31.9 Å². The molecule has 2 rings (SSSR count). The minimum absolute atomic E-state index is 0.683. The van der Waals surface area contributed by atoms with Crippen LogP contribution in [0.25, 0.3) is 0 Å². The molecular weight excluding hydrogens is 364 g/mol. The van der Waals surface area contributed by atoms with Gasteiger partial charge in [0.25, 0.3) is 0 Å². The first-order valence-electron chi connectivity index (χ1n) is 9.24. The highest BCUT2D eigenvalue weighted by atomic mass is 35.5. The normalized spacial score (nSPS) is 11.6. The maximum absolute atomic E-state index is 6.30. The van der Waals surface area contributed by atoms with Crippen molar-refractivity contribution < 1.29 is 4.74 Å². The van der Waals surface area contributed by atoms with Gasteiger partial charge < -0.3 is 19.5 Å². The highest BCUT2D eigenvalue weighted by Gasteiger charge is 2.10. The number of aromatic nitrogens is 3. The van der Waals surface area contributed by atoms with Gasteiger partial charge in [-0.05, 0) is 18.1 Å². The van der Waals surface area contributed by atoms with Crippen molar-refractivity contribution in [2.75, 3.05) is 33.9 Å². The number of methoxy groups -OCH3 is 1. The Bertz CT molecular complexity index is 718. The van der Waals surface area contributed by atoms with E-state index in [9.17, 15) is 0 Å². The molecule has 0 spiro atoms. The lowest BCUT2D eigenvalue weighted by atomic mass is 10.2. The molecule has 27 heavy (non-hydrogen) atoms. The Kier molecular flexibility index (Phi) is 9.07. The van der Waals surface area contributed by atoms with Crippen molar-refractivity contribution in [2.45, 2.75) is 32.9 Å². The molecule has 1 heterocycles. The lowest BCUT2D eigenvalue weighted by molar-refractivity contribution is 0.197. The molecular formula is C19H29ClN6O. The number of hydrogen-bond acceptors (Lipinski definition) is 4. The SMILES string of the molecule is CCc1nncn1CCNC(=NCCCOC)N(C)Cc1ccccc1Cl. The van der Waals surface area contributed by atoms with Crippen LogP contribution in [0.3, 0.4) is 0 Å². The zero-order chi connectivity index (χ0) is 19.5. The molecule has 0 fully saturated rings. The summed E-state index contributed by atoms with van der Waals surface area (Å²) in [6.45, 7) is 5.69. The van der Waals surface area contributed by atoms with E-state index in [1.54, 1.807) is 13.4 Å². The average molecular weight is 393 g/mol. The Balaban J connectivity index is 1.98. The van der Waals surface area contributed by atoms with Crippen LogP contribution in [-0.2, 0) is 24.2 Å². The highest BCUT2D eigenvalue weighted by molar-refractivity contribution is 6.31. The summed E-state index contributed by atoms with van der Waals surface area (Å²) in [7, 11) is 3.72. The molecule has 0 amide bonds. The minimum Gasteiger partial charge on any atom is -0.385 e. The minimum atomic E-state index is 0.683. The van der Waals surface area contributed by atoms with E-state index < -0.39 is 0 Å². The molecule has 0 radical (unpaired) electrons. The van der Waals surface area contributed by atoms with Crippen LogP contribution < -0.4 is 5.32 Å². The predicted octanol–water partition coefficient (Wildman–Crippen LogP) is 2.61. The first-order chi connectivity index (χ1) is 13.2. The molecule has 0 saturated heterocycles. The number of benzene rings is 1. The van der Waals surface area contributed by atoms with Crippen molar-refractivity contribution in [3.63, 3.8) is 0 Å². The molecule has 8 heteroatoms. The van der Waals surface area contributed by atoms with E-state index in [0.717, 1.165) is 48.3 Å². The molecule has 0 unspecified atom stereocenters. The lowest BCUT2D eigenvalue weighted by Gasteiger charge is -2.23. The molecule has 0 aliphatic rings. The number of ether oxygens (including phenoxy) is 1. The van der Waals surface area contributed by atoms with E-state index in [-0.39, 0.29) is 0 Å². The number of aliphatic imine (C=N–C) groups is 1. The monoisotopic (exact) mass is 392 g/mol. The fraction of sp³-hybridized carbons (Fsp3) is 0.526. The topological polar surface area (TPSA) is 67.6 Å². The molecule has 0 aliphatic carbocycles. The summed E-state index contributed by atoms with van der Waals surface area (Å²) in [6.07, 6.45) is 3.51. The molecule has 0 saturated carbocycles. The maximum atomic E-state index is 6.30. The second-order valence-corrected chi connectivity index (χ2v) is 6.63. The van der Waals surface area contributed by atoms with E-state index in [1.807, 2.05) is 31.3 Å². The van der Waals surface area contributed by atoms with Gasteiger partial charge in [0.2, 0.25) is 0 Å². The summed E-state index contributed by atoms with van der Waals surface area (Å²) in [4.78, 5) is 6.80. The third-order valence-corrected chi connectivity index (χ3v) is 4.51. The summed E-state index contributed by atoms with van der Waals surface area (Å²) in [5.41, 5.74) is 1.07. The summed E-state index contributed by atoms with van der Waals surface area (Å²) in [5, 5.41) is 12.3. The number of rotatable bonds is 10. The quantitative estimate of drug-likeness (QED) is 0.382. The summed E-state index contributed by atoms with van der Waals surface area (Å²) in [5.74, 6) is 1.83. The molecule has 7 nitrogen and oxygen atoms in total. The first-order valence-corrected chi connectivity index (χ1v) is 9.62. The number of aryl methyl sites for hydroxylation is 1. The molecule has 1 N–H and O–H groups in total. The number of hydrogen-bond donors (Lipinski definition) is 1. The average Bonchev–Trinajstić information content (AvgIpc) is 3.13. The van der Waals surface area contributed by atoms with Crippen molar-refractivity contribution in [1.82, 2.24) is 25.0 Å². The van der Waals surface area contributed by atoms with Gasteiger partial charge >= 0.3 is 0 Å². The predicted molar refractivity (Wildman–Crippen MR) is 109 cm³/mol. The zero-order valence-electron chi connectivity index (χ0n) is 16.4. The lowest BCUT2D eigenvalue weighted by Crippen LogP contribution is -2.40. The zero-order valence-corrected chi connectivity index (χ0v) is 17.1. The Hall–Kier alpha value is -2.12. The summed E-state index contributed by atoms with van der Waals surface area (Å²) >= 11 is 6.30. The second-order valence-electron chi connectivity index (χ2n) is 6.22. The molecule has 0 aliphatic heterocycles. The van der Waals surface area contributed by atoms with Gasteiger partial charge in [0, 0.05) is 58.4 Å². The summed E-state index contributed by atoms with van der Waals surface area (Å²) in [6, 6.07) is 7.88. The van der Waals surface area contributed by atoms with E-state index in [0.29, 0.717) is 19.7 Å². The van der Waals surface area contributed by atoms with Gasteiger partial charge in [-0.3, -0.25) is 4.99 Å². The van der Waals surface area contributed by atoms with Gasteiger partial charge in [0.05, 0.1) is 0 Å². The van der Waals surface area contributed by atoms with Crippen LogP contribution in [0.15, 0.2) is 35.6 Å². The Morgan fingerprint density at radius 2 is 2.19 bits per heavy atom. The maximum Gasteiger partial charge on any atom is 0.194 e. The molecule has 1 aromatic heterocycles. The van der Waals surface area contributed by atoms with Crippen LogP contribution in [0, 0.1) is 0 Å². The summed E-state index contributed by atoms with van der Waals surface area (Å²) < 4.78 is 7.17. The highest BCUT2D eigenvalue weighted by Crippen LogP contribution is 2.16. The van der Waals surface area contributed by atoms with Gasteiger partial charge in [-0.2, -0.15) is 0 Å². The van der Waals surface area contributed by atoms with Gasteiger partial charge in [-0.1, -0.05) is 36.7 Å². The van der Waals surface area contributed by atoms with Gasteiger partial charge in [0.1, 0.15) is 12.2 Å². The van der Waals surface area contributed by atoms with Crippen molar-refractivity contribution in [1.29, 1.82) is 0 Å². The van der Waals surface area contributed by atoms with Crippen molar-refractivity contribution in [2.24, 2.45) is 4.99 Å². The largest absolute Gasteiger partial charge is 0.385 e. The van der Waals surface area contributed by atoms with E-state index in [1.165, 1.54) is 0 Å². The molecule has 2 aromatic rings. The third-order valence-electron chi connectivity index (χ3n) is 4.14. The van der Waals surface area contributed by atoms with Crippen LogP contribution in [-0.4, -0.2) is 59.5 Å². The fourth-order valence-corrected chi connectivity index (χ4v) is 2.89. The number of nitrogens with one attached hydrogen (secondary N) is 1. The van der Waals surface area contributed by atoms with Crippen LogP contribution in [0.5, 0.6) is 0 Å². The van der Waals surface area contributed by atoms with Gasteiger partial charge in [-0.25, -0.2) is 0 Å². The smallest absolute Gasteiger partial charge is 0.194 e. The third kappa shape index (κ3) is 6.84. The van der Waals surface area contributed by atoms with Crippen LogP contribution in [0.1, 0.15) is 24.7 Å². The standard InChI is InChI=1S/C19H29ClN6O/c1-4-18-24-23-15-26(18)12-11-22-19(21-10-7-13-27-3)25(2)14-16-8-5-6-9-17(16)20/h5-6,8-9,15H,4,7,10-14H2,1-3H3,(H,21,22). The van der Waals surface area contributed by atoms with E-state index >= 15 is 0 Å². The Morgan fingerprint density at radius 3 is 2.93 bits per heavy atom. The van der Waals surface area contributed by atoms with Gasteiger partial charge in [-0.15, -0.1) is 10.2 Å². The molecule has 0 atom stereocenters. The Labute approximate surface area is 166 Å². The van der Waals surface area contributed by atoms with Gasteiger partial charge in [0.15, 0.2) is 5.96 Å². The van der Waals surface area contributed by atoms with Crippen molar-refractivity contribution in [3.8, 4) is 0 Å². The Morgan fingerprint density at radius 1 is 1.37 bits per heavy atom. The molecule has 0 bridgehead atoms. The number of halogens is 1. The van der Waals surface area contributed by atoms with E-state index in [4.69, 9.17) is 21.3 Å². The van der Waals surface area contributed by atoms with Crippen molar-refractivity contribution in [3.05, 3.63) is 47.0 Å². The number of guanidine groups is 1. The van der Waals surface area contributed by atoms with Crippen molar-refractivity contribution >= 4 is 17.6 Å². The van der Waals surface area contributed by atoms with Crippen LogP contribution >= 0.6 is 11.6 Å².